The fourth-order valence-electron chi connectivity index (χ4n) is 2.86. The molecule has 0 radical (unpaired) electrons. The number of urea groups is 1. The summed E-state index contributed by atoms with van der Waals surface area (Å²) >= 11 is 0. The zero-order valence-electron chi connectivity index (χ0n) is 17.3. The molecule has 0 saturated heterocycles. The lowest BCUT2D eigenvalue weighted by Crippen LogP contribution is -2.42. The van der Waals surface area contributed by atoms with Gasteiger partial charge in [-0.1, -0.05) is 32.0 Å². The van der Waals surface area contributed by atoms with Crippen LogP contribution in [0.5, 0.6) is 17.2 Å². The van der Waals surface area contributed by atoms with Gasteiger partial charge < -0.3 is 24.8 Å². The number of methoxy groups -OCH3 is 3. The maximum absolute atomic E-state index is 12.1. The van der Waals surface area contributed by atoms with Crippen molar-refractivity contribution in [3.05, 3.63) is 53.6 Å². The second kappa shape index (κ2) is 9.88. The maximum Gasteiger partial charge on any atom is 0.314 e. The number of nitrogens with one attached hydrogen (secondary N) is 2. The van der Waals surface area contributed by atoms with Crippen LogP contribution in [0.3, 0.4) is 0 Å². The van der Waals surface area contributed by atoms with Gasteiger partial charge in [0.15, 0.2) is 11.5 Å². The molecule has 6 nitrogen and oxygen atoms in total. The first-order chi connectivity index (χ1) is 13.4. The van der Waals surface area contributed by atoms with Crippen LogP contribution in [0.15, 0.2) is 42.5 Å². The third-order valence-electron chi connectivity index (χ3n) is 4.71. The number of hydrogen-bond donors (Lipinski definition) is 2. The van der Waals surface area contributed by atoms with E-state index in [1.807, 2.05) is 42.5 Å². The normalized spacial score (nSPS) is 10.9. The quantitative estimate of drug-likeness (QED) is 0.692. The first-order valence-corrected chi connectivity index (χ1v) is 9.26. The summed E-state index contributed by atoms with van der Waals surface area (Å²) in [6, 6.07) is 13.5. The summed E-state index contributed by atoms with van der Waals surface area (Å²) in [6.45, 7) is 5.25. The Morgan fingerprint density at radius 3 is 2.18 bits per heavy atom. The highest BCUT2D eigenvalue weighted by Gasteiger charge is 2.21. The van der Waals surface area contributed by atoms with Crippen LogP contribution in [0.4, 0.5) is 4.79 Å². The van der Waals surface area contributed by atoms with E-state index in [4.69, 9.17) is 14.2 Å². The Morgan fingerprint density at radius 2 is 1.57 bits per heavy atom. The molecule has 2 aromatic rings. The molecule has 0 aliphatic heterocycles. The van der Waals surface area contributed by atoms with Gasteiger partial charge in [0, 0.05) is 18.5 Å². The third kappa shape index (κ3) is 5.81. The largest absolute Gasteiger partial charge is 0.497 e. The first-order valence-electron chi connectivity index (χ1n) is 9.26. The van der Waals surface area contributed by atoms with E-state index in [-0.39, 0.29) is 11.4 Å². The highest BCUT2D eigenvalue weighted by molar-refractivity contribution is 5.74. The predicted octanol–water partition coefficient (Wildman–Crippen LogP) is 3.53. The predicted molar refractivity (Wildman–Crippen MR) is 111 cm³/mol. The van der Waals surface area contributed by atoms with Crippen LogP contribution < -0.4 is 24.8 Å². The molecule has 0 saturated carbocycles. The summed E-state index contributed by atoms with van der Waals surface area (Å²) in [4.78, 5) is 12.1. The van der Waals surface area contributed by atoms with Crippen LogP contribution in [0, 0.1) is 0 Å². The van der Waals surface area contributed by atoms with Crippen molar-refractivity contribution in [3.63, 3.8) is 0 Å². The van der Waals surface area contributed by atoms with Crippen LogP contribution >= 0.6 is 0 Å². The number of carbonyl (C=O) groups excluding carboxylic acids is 1. The average molecular weight is 386 g/mol. The Bertz CT molecular complexity index is 773. The highest BCUT2D eigenvalue weighted by Crippen LogP contribution is 2.27. The van der Waals surface area contributed by atoms with E-state index in [0.717, 1.165) is 16.9 Å². The summed E-state index contributed by atoms with van der Waals surface area (Å²) in [7, 11) is 4.86. The molecule has 2 aromatic carbocycles. The van der Waals surface area contributed by atoms with Gasteiger partial charge >= 0.3 is 6.03 Å². The SMILES string of the molecule is COc1ccc(C(C)(C)CNC(=O)NCCc2ccc(OC)c(OC)c2)cc1. The summed E-state index contributed by atoms with van der Waals surface area (Å²) in [6.07, 6.45) is 0.704. The van der Waals surface area contributed by atoms with E-state index in [1.54, 1.807) is 21.3 Å². The van der Waals surface area contributed by atoms with Gasteiger partial charge in [-0.05, 0) is 41.8 Å². The van der Waals surface area contributed by atoms with Gasteiger partial charge in [0.1, 0.15) is 5.75 Å². The number of rotatable bonds is 9. The van der Waals surface area contributed by atoms with Crippen LogP contribution in [-0.4, -0.2) is 40.5 Å². The minimum atomic E-state index is -0.188. The minimum Gasteiger partial charge on any atom is -0.497 e. The second-order valence-electron chi connectivity index (χ2n) is 7.16. The van der Waals surface area contributed by atoms with Gasteiger partial charge in [0.05, 0.1) is 21.3 Å². The molecular formula is C22H30N2O4. The Balaban J connectivity index is 1.80. The zero-order chi connectivity index (χ0) is 20.6. The van der Waals surface area contributed by atoms with Gasteiger partial charge in [-0.3, -0.25) is 0 Å². The molecule has 152 valence electrons. The molecule has 0 spiro atoms. The molecule has 2 rings (SSSR count). The van der Waals surface area contributed by atoms with Gasteiger partial charge in [0.2, 0.25) is 0 Å². The third-order valence-corrected chi connectivity index (χ3v) is 4.71. The number of carbonyl (C=O) groups is 1. The molecule has 0 aromatic heterocycles. The molecule has 0 fully saturated rings. The van der Waals surface area contributed by atoms with Gasteiger partial charge in [-0.15, -0.1) is 0 Å². The second-order valence-corrected chi connectivity index (χ2v) is 7.16. The average Bonchev–Trinajstić information content (AvgIpc) is 2.72. The number of amides is 2. The molecule has 0 aliphatic rings. The number of ether oxygens (including phenoxy) is 3. The van der Waals surface area contributed by atoms with E-state index >= 15 is 0 Å². The van der Waals surface area contributed by atoms with Crippen molar-refractivity contribution in [2.45, 2.75) is 25.7 Å². The van der Waals surface area contributed by atoms with E-state index < -0.39 is 0 Å². The van der Waals surface area contributed by atoms with E-state index in [9.17, 15) is 4.79 Å². The highest BCUT2D eigenvalue weighted by atomic mass is 16.5. The van der Waals surface area contributed by atoms with E-state index in [2.05, 4.69) is 24.5 Å². The molecule has 6 heteroatoms. The van der Waals surface area contributed by atoms with E-state index in [1.165, 1.54) is 0 Å². The lowest BCUT2D eigenvalue weighted by molar-refractivity contribution is 0.238. The maximum atomic E-state index is 12.1. The van der Waals surface area contributed by atoms with Crippen molar-refractivity contribution in [1.82, 2.24) is 10.6 Å². The van der Waals surface area contributed by atoms with E-state index in [0.29, 0.717) is 31.0 Å². The van der Waals surface area contributed by atoms with Crippen LogP contribution in [-0.2, 0) is 11.8 Å². The molecule has 0 bridgehead atoms. The molecule has 0 aliphatic carbocycles. The molecule has 0 atom stereocenters. The van der Waals surface area contributed by atoms with Crippen LogP contribution in [0.2, 0.25) is 0 Å². The minimum absolute atomic E-state index is 0.179. The van der Waals surface area contributed by atoms with Crippen molar-refractivity contribution < 1.29 is 19.0 Å². The van der Waals surface area contributed by atoms with Crippen molar-refractivity contribution >= 4 is 6.03 Å². The summed E-state index contributed by atoms with van der Waals surface area (Å²) in [5.41, 5.74) is 2.02. The van der Waals surface area contributed by atoms with Crippen molar-refractivity contribution in [2.24, 2.45) is 0 Å². The van der Waals surface area contributed by atoms with Gasteiger partial charge in [-0.25, -0.2) is 4.79 Å². The molecule has 2 amide bonds. The number of benzene rings is 2. The molecular weight excluding hydrogens is 356 g/mol. The Labute approximate surface area is 167 Å². The van der Waals surface area contributed by atoms with Crippen molar-refractivity contribution in [1.29, 1.82) is 0 Å². The lowest BCUT2D eigenvalue weighted by Gasteiger charge is -2.26. The standard InChI is InChI=1S/C22H30N2O4/c1-22(2,17-7-9-18(26-3)10-8-17)15-24-21(25)23-13-12-16-6-11-19(27-4)20(14-16)28-5/h6-11,14H,12-13,15H2,1-5H3,(H2,23,24,25). The molecule has 0 heterocycles. The molecule has 28 heavy (non-hydrogen) atoms. The zero-order valence-corrected chi connectivity index (χ0v) is 17.3. The van der Waals surface area contributed by atoms with Gasteiger partial charge in [0.25, 0.3) is 0 Å². The first kappa shape index (κ1) is 21.4. The van der Waals surface area contributed by atoms with Crippen molar-refractivity contribution in [3.8, 4) is 17.2 Å². The smallest absolute Gasteiger partial charge is 0.314 e. The number of hydrogen-bond acceptors (Lipinski definition) is 4. The fraction of sp³-hybridized carbons (Fsp3) is 0.409. The van der Waals surface area contributed by atoms with Gasteiger partial charge in [-0.2, -0.15) is 0 Å². The Morgan fingerprint density at radius 1 is 0.893 bits per heavy atom. The molecule has 0 unspecified atom stereocenters. The van der Waals surface area contributed by atoms with Crippen LogP contribution in [0.1, 0.15) is 25.0 Å². The van der Waals surface area contributed by atoms with Crippen LogP contribution in [0.25, 0.3) is 0 Å². The topological polar surface area (TPSA) is 68.8 Å². The Hall–Kier alpha value is -2.89. The lowest BCUT2D eigenvalue weighted by atomic mass is 9.84. The summed E-state index contributed by atoms with van der Waals surface area (Å²) in [5.74, 6) is 2.20. The fourth-order valence-corrected chi connectivity index (χ4v) is 2.86. The summed E-state index contributed by atoms with van der Waals surface area (Å²) < 4.78 is 15.7. The van der Waals surface area contributed by atoms with Crippen molar-refractivity contribution in [2.75, 3.05) is 34.4 Å². The Kier molecular flexibility index (Phi) is 7.55. The summed E-state index contributed by atoms with van der Waals surface area (Å²) in [5, 5.41) is 5.85. The monoisotopic (exact) mass is 386 g/mol. The molecule has 2 N–H and O–H groups in total.